The third kappa shape index (κ3) is 2.82. The first-order chi connectivity index (χ1) is 9.54. The van der Waals surface area contributed by atoms with Crippen molar-refractivity contribution in [3.05, 3.63) is 11.9 Å². The topological polar surface area (TPSA) is 78.8 Å². The summed E-state index contributed by atoms with van der Waals surface area (Å²) in [6.45, 7) is 6.56. The van der Waals surface area contributed by atoms with Gasteiger partial charge in [0.05, 0.1) is 12.7 Å². The summed E-state index contributed by atoms with van der Waals surface area (Å²) in [5, 5.41) is 9.04. The van der Waals surface area contributed by atoms with Gasteiger partial charge in [0.2, 0.25) is 5.88 Å². The molecule has 1 atom stereocenters. The number of hydrogen-bond acceptors (Lipinski definition) is 6. The molecule has 7 heteroatoms. The lowest BCUT2D eigenvalue weighted by Gasteiger charge is -2.37. The molecule has 2 heterocycles. The molecule has 0 spiro atoms. The molecule has 1 saturated heterocycles. The van der Waals surface area contributed by atoms with Crippen molar-refractivity contribution < 1.29 is 14.6 Å². The van der Waals surface area contributed by atoms with Gasteiger partial charge in [0.1, 0.15) is 18.2 Å². The summed E-state index contributed by atoms with van der Waals surface area (Å²) in [4.78, 5) is 23.5. The van der Waals surface area contributed by atoms with Gasteiger partial charge in [-0.25, -0.2) is 9.97 Å². The van der Waals surface area contributed by atoms with Gasteiger partial charge in [0.25, 0.3) is 0 Å². The molecule has 1 fully saturated rings. The summed E-state index contributed by atoms with van der Waals surface area (Å²) >= 11 is 0. The second-order valence-electron chi connectivity index (χ2n) is 4.87. The van der Waals surface area contributed by atoms with Gasteiger partial charge in [-0.1, -0.05) is 0 Å². The van der Waals surface area contributed by atoms with Gasteiger partial charge in [-0.3, -0.25) is 9.69 Å². The number of anilines is 1. The van der Waals surface area contributed by atoms with Gasteiger partial charge < -0.3 is 14.7 Å². The van der Waals surface area contributed by atoms with E-state index in [0.717, 1.165) is 24.5 Å². The van der Waals surface area contributed by atoms with E-state index in [1.807, 2.05) is 11.8 Å². The molecule has 1 aromatic heterocycles. The number of carboxylic acids is 1. The minimum atomic E-state index is -0.779. The maximum atomic E-state index is 11.0. The lowest BCUT2D eigenvalue weighted by Crippen LogP contribution is -2.52. The normalized spacial score (nSPS) is 17.9. The number of carbonyl (C=O) groups is 1. The van der Waals surface area contributed by atoms with E-state index in [1.165, 1.54) is 6.33 Å². The first-order valence-electron chi connectivity index (χ1n) is 6.62. The quantitative estimate of drug-likeness (QED) is 0.854. The van der Waals surface area contributed by atoms with Crippen LogP contribution < -0.4 is 9.64 Å². The maximum Gasteiger partial charge on any atom is 0.320 e. The highest BCUT2D eigenvalue weighted by atomic mass is 16.5. The van der Waals surface area contributed by atoms with E-state index in [2.05, 4.69) is 14.9 Å². The van der Waals surface area contributed by atoms with Crippen molar-refractivity contribution in [2.45, 2.75) is 19.9 Å². The SMILES string of the molecule is COc1ncnc(N2CCN(C(C)C(=O)O)CC2)c1C. The summed E-state index contributed by atoms with van der Waals surface area (Å²) in [5.74, 6) is 0.661. The molecule has 0 saturated carbocycles. The highest BCUT2D eigenvalue weighted by Crippen LogP contribution is 2.24. The van der Waals surface area contributed by atoms with E-state index in [-0.39, 0.29) is 0 Å². The lowest BCUT2D eigenvalue weighted by atomic mass is 10.2. The molecule has 0 aromatic carbocycles. The minimum absolute atomic E-state index is 0.446. The number of nitrogens with zero attached hydrogens (tertiary/aromatic N) is 4. The Morgan fingerprint density at radius 3 is 2.55 bits per heavy atom. The second kappa shape index (κ2) is 6.04. The molecular weight excluding hydrogens is 260 g/mol. The Bertz CT molecular complexity index is 487. The van der Waals surface area contributed by atoms with Crippen LogP contribution in [0.25, 0.3) is 0 Å². The van der Waals surface area contributed by atoms with Gasteiger partial charge in [-0.05, 0) is 13.8 Å². The van der Waals surface area contributed by atoms with Crippen molar-refractivity contribution in [1.29, 1.82) is 0 Å². The number of rotatable bonds is 4. The molecule has 110 valence electrons. The Balaban J connectivity index is 2.06. The molecule has 1 aromatic rings. The predicted molar refractivity (Wildman–Crippen MR) is 74.2 cm³/mol. The number of carboxylic acid groups (broad SMARTS) is 1. The van der Waals surface area contributed by atoms with E-state index in [1.54, 1.807) is 14.0 Å². The minimum Gasteiger partial charge on any atom is -0.481 e. The van der Waals surface area contributed by atoms with Crippen molar-refractivity contribution in [2.75, 3.05) is 38.2 Å². The first-order valence-corrected chi connectivity index (χ1v) is 6.62. The van der Waals surface area contributed by atoms with Crippen LogP contribution in [0.1, 0.15) is 12.5 Å². The smallest absolute Gasteiger partial charge is 0.320 e. The van der Waals surface area contributed by atoms with Gasteiger partial charge in [0.15, 0.2) is 0 Å². The fourth-order valence-electron chi connectivity index (χ4n) is 2.43. The van der Waals surface area contributed by atoms with Crippen LogP contribution in [0.2, 0.25) is 0 Å². The highest BCUT2D eigenvalue weighted by Gasteiger charge is 2.26. The van der Waals surface area contributed by atoms with Crippen LogP contribution in [0.4, 0.5) is 5.82 Å². The zero-order chi connectivity index (χ0) is 14.7. The Kier molecular flexibility index (Phi) is 4.39. The summed E-state index contributed by atoms with van der Waals surface area (Å²) < 4.78 is 5.20. The fraction of sp³-hybridized carbons (Fsp3) is 0.615. The molecule has 1 N–H and O–H groups in total. The molecule has 7 nitrogen and oxygen atoms in total. The van der Waals surface area contributed by atoms with Crippen molar-refractivity contribution in [2.24, 2.45) is 0 Å². The van der Waals surface area contributed by atoms with Gasteiger partial charge in [-0.15, -0.1) is 0 Å². The summed E-state index contributed by atoms with van der Waals surface area (Å²) in [6, 6.07) is -0.446. The fourth-order valence-corrected chi connectivity index (χ4v) is 2.43. The molecule has 20 heavy (non-hydrogen) atoms. The molecule has 1 unspecified atom stereocenters. The molecule has 0 radical (unpaired) electrons. The Hall–Kier alpha value is -1.89. The zero-order valence-corrected chi connectivity index (χ0v) is 12.0. The largest absolute Gasteiger partial charge is 0.481 e. The molecule has 0 aliphatic carbocycles. The van der Waals surface area contributed by atoms with Crippen LogP contribution >= 0.6 is 0 Å². The lowest BCUT2D eigenvalue weighted by molar-refractivity contribution is -0.142. The van der Waals surface area contributed by atoms with Crippen molar-refractivity contribution in [3.8, 4) is 5.88 Å². The second-order valence-corrected chi connectivity index (χ2v) is 4.87. The summed E-state index contributed by atoms with van der Waals surface area (Å²) in [5.41, 5.74) is 0.912. The van der Waals surface area contributed by atoms with Gasteiger partial charge in [-0.2, -0.15) is 0 Å². The predicted octanol–water partition coefficient (Wildman–Crippen LogP) is 0.389. The van der Waals surface area contributed by atoms with Crippen LogP contribution in [-0.4, -0.2) is 65.3 Å². The Morgan fingerprint density at radius 1 is 1.35 bits per heavy atom. The highest BCUT2D eigenvalue weighted by molar-refractivity contribution is 5.72. The van der Waals surface area contributed by atoms with E-state index in [4.69, 9.17) is 9.84 Å². The van der Waals surface area contributed by atoms with Crippen LogP contribution in [0.15, 0.2) is 6.33 Å². The molecule has 1 aliphatic heterocycles. The number of aliphatic carboxylic acids is 1. The zero-order valence-electron chi connectivity index (χ0n) is 12.0. The monoisotopic (exact) mass is 280 g/mol. The number of aromatic nitrogens is 2. The van der Waals surface area contributed by atoms with Crippen LogP contribution in [0.5, 0.6) is 5.88 Å². The van der Waals surface area contributed by atoms with E-state index in [0.29, 0.717) is 19.0 Å². The third-order valence-electron chi connectivity index (χ3n) is 3.72. The molecule has 2 rings (SSSR count). The molecule has 0 amide bonds. The first kappa shape index (κ1) is 14.5. The Morgan fingerprint density at radius 2 is 2.00 bits per heavy atom. The Labute approximate surface area is 118 Å². The van der Waals surface area contributed by atoms with E-state index >= 15 is 0 Å². The van der Waals surface area contributed by atoms with Crippen molar-refractivity contribution >= 4 is 11.8 Å². The van der Waals surface area contributed by atoms with Crippen LogP contribution in [0, 0.1) is 6.92 Å². The maximum absolute atomic E-state index is 11.0. The molecule has 1 aliphatic rings. The van der Waals surface area contributed by atoms with Crippen molar-refractivity contribution in [1.82, 2.24) is 14.9 Å². The molecular formula is C13H20N4O3. The van der Waals surface area contributed by atoms with Gasteiger partial charge in [0, 0.05) is 26.2 Å². The molecule has 0 bridgehead atoms. The van der Waals surface area contributed by atoms with Gasteiger partial charge >= 0.3 is 5.97 Å². The number of piperazine rings is 1. The number of methoxy groups -OCH3 is 1. The van der Waals surface area contributed by atoms with Crippen LogP contribution in [0.3, 0.4) is 0 Å². The standard InChI is InChI=1S/C13H20N4O3/c1-9-11(14-8-15-12(9)20-3)17-6-4-16(5-7-17)10(2)13(18)19/h8,10H,4-7H2,1-3H3,(H,18,19). The number of hydrogen-bond donors (Lipinski definition) is 1. The van der Waals surface area contributed by atoms with E-state index in [9.17, 15) is 4.79 Å². The van der Waals surface area contributed by atoms with E-state index < -0.39 is 12.0 Å². The average molecular weight is 280 g/mol. The summed E-state index contributed by atoms with van der Waals surface area (Å²) in [6.07, 6.45) is 1.49. The third-order valence-corrected chi connectivity index (χ3v) is 3.72. The average Bonchev–Trinajstić information content (AvgIpc) is 2.47. The number of ether oxygens (including phenoxy) is 1. The summed E-state index contributed by atoms with van der Waals surface area (Å²) in [7, 11) is 1.59. The van der Waals surface area contributed by atoms with Crippen LogP contribution in [-0.2, 0) is 4.79 Å². The van der Waals surface area contributed by atoms with Crippen molar-refractivity contribution in [3.63, 3.8) is 0 Å².